The van der Waals surface area contributed by atoms with Gasteiger partial charge in [0.05, 0.1) is 11.8 Å². The molecule has 1 aliphatic carbocycles. The van der Waals surface area contributed by atoms with Crippen molar-refractivity contribution in [2.45, 2.75) is 19.8 Å². The highest BCUT2D eigenvalue weighted by atomic mass is 16.2. The van der Waals surface area contributed by atoms with Crippen molar-refractivity contribution in [3.8, 4) is 0 Å². The van der Waals surface area contributed by atoms with Gasteiger partial charge in [-0.1, -0.05) is 48.5 Å². The molecule has 3 rings (SSSR count). The Morgan fingerprint density at radius 2 is 1.62 bits per heavy atom. The Kier molecular flexibility index (Phi) is 4.94. The fourth-order valence-corrected chi connectivity index (χ4v) is 2.82. The van der Waals surface area contributed by atoms with E-state index in [0.717, 1.165) is 17.7 Å². The number of rotatable bonds is 6. The highest BCUT2D eigenvalue weighted by molar-refractivity contribution is 5.99. The van der Waals surface area contributed by atoms with E-state index >= 15 is 0 Å². The Labute approximate surface area is 142 Å². The predicted molar refractivity (Wildman–Crippen MR) is 94.6 cm³/mol. The third kappa shape index (κ3) is 4.02. The maximum Gasteiger partial charge on any atom is 0.228 e. The third-order valence-corrected chi connectivity index (χ3v) is 4.42. The summed E-state index contributed by atoms with van der Waals surface area (Å²) in [4.78, 5) is 24.4. The molecule has 1 aliphatic rings. The van der Waals surface area contributed by atoms with Crippen LogP contribution in [0.5, 0.6) is 0 Å². The van der Waals surface area contributed by atoms with Gasteiger partial charge in [-0.25, -0.2) is 0 Å². The maximum absolute atomic E-state index is 12.2. The number of carbonyl (C=O) groups is 2. The van der Waals surface area contributed by atoms with E-state index in [4.69, 9.17) is 0 Å². The van der Waals surface area contributed by atoms with E-state index in [9.17, 15) is 9.59 Å². The zero-order valence-electron chi connectivity index (χ0n) is 13.8. The molecule has 0 heterocycles. The summed E-state index contributed by atoms with van der Waals surface area (Å²) >= 11 is 0. The first-order valence-corrected chi connectivity index (χ1v) is 8.33. The topological polar surface area (TPSA) is 58.2 Å². The molecule has 2 aromatic rings. The standard InChI is InChI=1S/C20H22N2O2/c1-14-7-5-6-10-18(14)22-20(24)17-13-16(17)19(23)21-12-11-15-8-3-2-4-9-15/h2-10,16-17H,11-13H2,1H3,(H,21,23)(H,22,24). The summed E-state index contributed by atoms with van der Waals surface area (Å²) in [7, 11) is 0. The van der Waals surface area contributed by atoms with Gasteiger partial charge in [-0.3, -0.25) is 9.59 Å². The van der Waals surface area contributed by atoms with Gasteiger partial charge in [-0.2, -0.15) is 0 Å². The summed E-state index contributed by atoms with van der Waals surface area (Å²) in [6.07, 6.45) is 1.44. The normalized spacial score (nSPS) is 18.7. The van der Waals surface area contributed by atoms with Gasteiger partial charge in [0, 0.05) is 12.2 Å². The second-order valence-electron chi connectivity index (χ2n) is 6.28. The Bertz CT molecular complexity index is 727. The molecule has 0 bridgehead atoms. The van der Waals surface area contributed by atoms with Gasteiger partial charge in [0.25, 0.3) is 0 Å². The molecule has 24 heavy (non-hydrogen) atoms. The minimum absolute atomic E-state index is 0.0177. The lowest BCUT2D eigenvalue weighted by Gasteiger charge is -2.08. The molecular weight excluding hydrogens is 300 g/mol. The number of carbonyl (C=O) groups excluding carboxylic acids is 2. The van der Waals surface area contributed by atoms with E-state index < -0.39 is 0 Å². The Morgan fingerprint density at radius 1 is 0.958 bits per heavy atom. The molecule has 124 valence electrons. The monoisotopic (exact) mass is 322 g/mol. The molecule has 2 unspecified atom stereocenters. The van der Waals surface area contributed by atoms with Crippen LogP contribution in [-0.4, -0.2) is 18.4 Å². The molecule has 0 radical (unpaired) electrons. The number of para-hydroxylation sites is 1. The van der Waals surface area contributed by atoms with E-state index in [1.807, 2.05) is 61.5 Å². The number of hydrogen-bond donors (Lipinski definition) is 2. The Hall–Kier alpha value is -2.62. The van der Waals surface area contributed by atoms with Crippen LogP contribution in [0.1, 0.15) is 17.5 Å². The largest absolute Gasteiger partial charge is 0.356 e. The van der Waals surface area contributed by atoms with Crippen LogP contribution in [0.25, 0.3) is 0 Å². The minimum Gasteiger partial charge on any atom is -0.356 e. The average molecular weight is 322 g/mol. The van der Waals surface area contributed by atoms with Crippen LogP contribution in [0, 0.1) is 18.8 Å². The minimum atomic E-state index is -0.207. The quantitative estimate of drug-likeness (QED) is 0.859. The van der Waals surface area contributed by atoms with Gasteiger partial charge in [0.2, 0.25) is 11.8 Å². The molecule has 4 nitrogen and oxygen atoms in total. The van der Waals surface area contributed by atoms with Crippen molar-refractivity contribution in [2.75, 3.05) is 11.9 Å². The fraction of sp³-hybridized carbons (Fsp3) is 0.300. The number of benzene rings is 2. The number of aryl methyl sites for hydroxylation is 1. The van der Waals surface area contributed by atoms with Gasteiger partial charge in [-0.05, 0) is 37.0 Å². The summed E-state index contributed by atoms with van der Waals surface area (Å²) in [5.41, 5.74) is 3.04. The van der Waals surface area contributed by atoms with Crippen LogP contribution in [-0.2, 0) is 16.0 Å². The zero-order valence-corrected chi connectivity index (χ0v) is 13.8. The summed E-state index contributed by atoms with van der Waals surface area (Å²) in [6.45, 7) is 2.56. The molecule has 4 heteroatoms. The molecule has 0 aromatic heterocycles. The lowest BCUT2D eigenvalue weighted by atomic mass is 10.1. The van der Waals surface area contributed by atoms with E-state index in [1.165, 1.54) is 5.56 Å². The first-order valence-electron chi connectivity index (χ1n) is 8.33. The summed E-state index contributed by atoms with van der Waals surface area (Å²) in [6, 6.07) is 17.7. The molecule has 2 N–H and O–H groups in total. The van der Waals surface area contributed by atoms with Crippen LogP contribution in [0.15, 0.2) is 54.6 Å². The molecule has 0 aliphatic heterocycles. The first kappa shape index (κ1) is 16.2. The van der Waals surface area contributed by atoms with Gasteiger partial charge in [0.1, 0.15) is 0 Å². The third-order valence-electron chi connectivity index (χ3n) is 4.42. The molecule has 2 amide bonds. The highest BCUT2D eigenvalue weighted by Crippen LogP contribution is 2.39. The second-order valence-corrected chi connectivity index (χ2v) is 6.28. The van der Waals surface area contributed by atoms with Gasteiger partial charge < -0.3 is 10.6 Å². The van der Waals surface area contributed by atoms with Crippen LogP contribution in [0.2, 0.25) is 0 Å². The smallest absolute Gasteiger partial charge is 0.228 e. The van der Waals surface area contributed by atoms with Crippen molar-refractivity contribution in [3.05, 3.63) is 65.7 Å². The van der Waals surface area contributed by atoms with Crippen molar-refractivity contribution in [2.24, 2.45) is 11.8 Å². The SMILES string of the molecule is Cc1ccccc1NC(=O)C1CC1C(=O)NCCc1ccccc1. The number of hydrogen-bond acceptors (Lipinski definition) is 2. The summed E-state index contributed by atoms with van der Waals surface area (Å²) in [5, 5.41) is 5.85. The van der Waals surface area contributed by atoms with Gasteiger partial charge in [-0.15, -0.1) is 0 Å². The van der Waals surface area contributed by atoms with Crippen molar-refractivity contribution in [1.29, 1.82) is 0 Å². The molecule has 0 saturated heterocycles. The van der Waals surface area contributed by atoms with Crippen LogP contribution < -0.4 is 10.6 Å². The van der Waals surface area contributed by atoms with Crippen molar-refractivity contribution < 1.29 is 9.59 Å². The average Bonchev–Trinajstić information content (AvgIpc) is 3.39. The van der Waals surface area contributed by atoms with Crippen molar-refractivity contribution in [3.63, 3.8) is 0 Å². The van der Waals surface area contributed by atoms with Crippen LogP contribution in [0.4, 0.5) is 5.69 Å². The molecule has 0 spiro atoms. The van der Waals surface area contributed by atoms with Crippen LogP contribution >= 0.6 is 0 Å². The maximum atomic E-state index is 12.2. The second kappa shape index (κ2) is 7.30. The van der Waals surface area contributed by atoms with Crippen molar-refractivity contribution in [1.82, 2.24) is 5.32 Å². The fourth-order valence-electron chi connectivity index (χ4n) is 2.82. The lowest BCUT2D eigenvalue weighted by Crippen LogP contribution is -2.29. The highest BCUT2D eigenvalue weighted by Gasteiger charge is 2.47. The molecule has 2 atom stereocenters. The van der Waals surface area contributed by atoms with E-state index in [-0.39, 0.29) is 23.7 Å². The van der Waals surface area contributed by atoms with E-state index in [1.54, 1.807) is 0 Å². The van der Waals surface area contributed by atoms with E-state index in [0.29, 0.717) is 13.0 Å². The predicted octanol–water partition coefficient (Wildman–Crippen LogP) is 2.93. The molecular formula is C20H22N2O2. The van der Waals surface area contributed by atoms with E-state index in [2.05, 4.69) is 10.6 Å². The molecule has 1 fully saturated rings. The number of amides is 2. The zero-order chi connectivity index (χ0) is 16.9. The summed E-state index contributed by atoms with van der Waals surface area (Å²) in [5.74, 6) is -0.477. The van der Waals surface area contributed by atoms with Gasteiger partial charge >= 0.3 is 0 Å². The molecule has 1 saturated carbocycles. The summed E-state index contributed by atoms with van der Waals surface area (Å²) < 4.78 is 0. The Balaban J connectivity index is 1.43. The van der Waals surface area contributed by atoms with Crippen LogP contribution in [0.3, 0.4) is 0 Å². The lowest BCUT2D eigenvalue weighted by molar-refractivity contribution is -0.125. The first-order chi connectivity index (χ1) is 11.6. The number of nitrogens with one attached hydrogen (secondary N) is 2. The number of anilines is 1. The van der Waals surface area contributed by atoms with Crippen molar-refractivity contribution >= 4 is 17.5 Å². The van der Waals surface area contributed by atoms with Gasteiger partial charge in [0.15, 0.2) is 0 Å². The molecule has 2 aromatic carbocycles. The Morgan fingerprint density at radius 3 is 2.38 bits per heavy atom.